The summed E-state index contributed by atoms with van der Waals surface area (Å²) in [5.74, 6) is -1.17. The molecule has 0 unspecified atom stereocenters. The number of carbonyl (C=O) groups is 3. The fraction of sp³-hybridized carbons (Fsp3) is 0.316. The minimum absolute atomic E-state index is 0.257. The highest BCUT2D eigenvalue weighted by Gasteiger charge is 2.28. The smallest absolute Gasteiger partial charge is 0.341 e. The highest BCUT2D eigenvalue weighted by atomic mass is 79.9. The number of anilines is 1. The van der Waals surface area contributed by atoms with Gasteiger partial charge in [-0.1, -0.05) is 0 Å². The fourth-order valence-corrected chi connectivity index (χ4v) is 4.44. The lowest BCUT2D eigenvalue weighted by Gasteiger charge is -2.08. The van der Waals surface area contributed by atoms with Crippen molar-refractivity contribution in [2.24, 2.45) is 0 Å². The molecule has 0 atom stereocenters. The van der Waals surface area contributed by atoms with Crippen LogP contribution in [-0.2, 0) is 31.9 Å². The molecule has 3 rings (SSSR count). The zero-order chi connectivity index (χ0) is 20.1. The van der Waals surface area contributed by atoms with Crippen LogP contribution in [0.1, 0.15) is 39.9 Å². The van der Waals surface area contributed by atoms with Gasteiger partial charge in [0, 0.05) is 11.0 Å². The van der Waals surface area contributed by atoms with Crippen LogP contribution in [0.25, 0.3) is 6.08 Å². The van der Waals surface area contributed by atoms with Gasteiger partial charge in [0.25, 0.3) is 5.91 Å². The maximum absolute atomic E-state index is 12.3. The third kappa shape index (κ3) is 4.90. The average Bonchev–Trinajstić information content (AvgIpc) is 3.34. The second-order valence-electron chi connectivity index (χ2n) is 5.91. The van der Waals surface area contributed by atoms with Gasteiger partial charge >= 0.3 is 11.9 Å². The van der Waals surface area contributed by atoms with Crippen LogP contribution in [-0.4, -0.2) is 31.1 Å². The Morgan fingerprint density at radius 1 is 1.29 bits per heavy atom. The number of carbonyl (C=O) groups excluding carboxylic acids is 3. The molecule has 0 aromatic carbocycles. The van der Waals surface area contributed by atoms with Crippen molar-refractivity contribution in [2.45, 2.75) is 26.2 Å². The second kappa shape index (κ2) is 9.20. The van der Waals surface area contributed by atoms with E-state index in [9.17, 15) is 14.4 Å². The van der Waals surface area contributed by atoms with Crippen LogP contribution in [0.3, 0.4) is 0 Å². The van der Waals surface area contributed by atoms with Gasteiger partial charge in [-0.3, -0.25) is 4.79 Å². The number of esters is 2. The minimum atomic E-state index is -0.679. The standard InChI is InChI=1S/C19H18BrNO6S/c1-2-25-19(24)17-12-4-3-5-13(12)28-18(17)21-15(22)10-26-16(23)9-7-11-6-8-14(20)27-11/h6-9H,2-5,10H2,1H3,(H,21,22). The highest BCUT2D eigenvalue weighted by Crippen LogP contribution is 2.39. The number of aryl methyl sites for hydroxylation is 1. The molecular formula is C19H18BrNO6S. The zero-order valence-corrected chi connectivity index (χ0v) is 17.5. The van der Waals surface area contributed by atoms with Gasteiger partial charge in [0.05, 0.1) is 12.2 Å². The Balaban J connectivity index is 1.58. The quantitative estimate of drug-likeness (QED) is 0.488. The number of thiophene rings is 1. The number of ether oxygens (including phenoxy) is 2. The summed E-state index contributed by atoms with van der Waals surface area (Å²) in [6, 6.07) is 3.37. The van der Waals surface area contributed by atoms with Crippen LogP contribution in [0, 0.1) is 0 Å². The molecule has 0 saturated heterocycles. The number of hydrogen-bond acceptors (Lipinski definition) is 7. The Bertz CT molecular complexity index is 929. The van der Waals surface area contributed by atoms with Gasteiger partial charge in [0.2, 0.25) is 0 Å². The van der Waals surface area contributed by atoms with Gasteiger partial charge < -0.3 is 19.2 Å². The van der Waals surface area contributed by atoms with Crippen LogP contribution < -0.4 is 5.32 Å². The topological polar surface area (TPSA) is 94.8 Å². The molecule has 1 aliphatic carbocycles. The van der Waals surface area contributed by atoms with Gasteiger partial charge in [-0.15, -0.1) is 11.3 Å². The number of hydrogen-bond donors (Lipinski definition) is 1. The normalized spacial score (nSPS) is 12.8. The molecule has 7 nitrogen and oxygen atoms in total. The van der Waals surface area contributed by atoms with E-state index in [1.165, 1.54) is 23.5 Å². The van der Waals surface area contributed by atoms with E-state index in [-0.39, 0.29) is 6.61 Å². The Morgan fingerprint density at radius 3 is 2.82 bits per heavy atom. The third-order valence-electron chi connectivity index (χ3n) is 3.98. The van der Waals surface area contributed by atoms with Gasteiger partial charge in [-0.05, 0) is 65.9 Å². The minimum Gasteiger partial charge on any atom is -0.462 e. The molecule has 28 heavy (non-hydrogen) atoms. The molecule has 2 heterocycles. The van der Waals surface area contributed by atoms with Crippen molar-refractivity contribution in [1.82, 2.24) is 0 Å². The first-order valence-corrected chi connectivity index (χ1v) is 10.3. The van der Waals surface area contributed by atoms with Crippen molar-refractivity contribution in [1.29, 1.82) is 0 Å². The average molecular weight is 468 g/mol. The van der Waals surface area contributed by atoms with Crippen molar-refractivity contribution in [3.63, 3.8) is 0 Å². The Morgan fingerprint density at radius 2 is 2.11 bits per heavy atom. The molecule has 1 N–H and O–H groups in total. The Labute approximate surface area is 173 Å². The first-order chi connectivity index (χ1) is 13.5. The van der Waals surface area contributed by atoms with E-state index < -0.39 is 24.5 Å². The van der Waals surface area contributed by atoms with Crippen molar-refractivity contribution in [3.05, 3.63) is 44.6 Å². The SMILES string of the molecule is CCOC(=O)c1c(NC(=O)COC(=O)C=Cc2ccc(Br)o2)sc2c1CCC2. The van der Waals surface area contributed by atoms with E-state index in [1.807, 2.05) is 0 Å². The lowest BCUT2D eigenvalue weighted by Crippen LogP contribution is -2.21. The maximum atomic E-state index is 12.3. The fourth-order valence-electron chi connectivity index (χ4n) is 2.83. The molecule has 2 aromatic heterocycles. The van der Waals surface area contributed by atoms with E-state index in [1.54, 1.807) is 19.1 Å². The number of halogens is 1. The summed E-state index contributed by atoms with van der Waals surface area (Å²) in [4.78, 5) is 37.3. The molecule has 0 saturated carbocycles. The van der Waals surface area contributed by atoms with Gasteiger partial charge in [-0.2, -0.15) is 0 Å². The summed E-state index contributed by atoms with van der Waals surface area (Å²) in [6.45, 7) is 1.53. The molecule has 0 spiro atoms. The maximum Gasteiger partial charge on any atom is 0.341 e. The summed E-state index contributed by atoms with van der Waals surface area (Å²) in [5, 5.41) is 3.11. The van der Waals surface area contributed by atoms with Crippen LogP contribution in [0.15, 0.2) is 27.3 Å². The molecule has 1 amide bonds. The lowest BCUT2D eigenvalue weighted by molar-refractivity contribution is -0.142. The zero-order valence-electron chi connectivity index (χ0n) is 15.1. The van der Waals surface area contributed by atoms with E-state index in [2.05, 4.69) is 21.2 Å². The van der Waals surface area contributed by atoms with E-state index in [0.717, 1.165) is 29.7 Å². The van der Waals surface area contributed by atoms with E-state index in [4.69, 9.17) is 13.9 Å². The molecule has 0 fully saturated rings. The number of nitrogens with one attached hydrogen (secondary N) is 1. The largest absolute Gasteiger partial charge is 0.462 e. The molecule has 0 radical (unpaired) electrons. The third-order valence-corrected chi connectivity index (χ3v) is 5.61. The van der Waals surface area contributed by atoms with Crippen LogP contribution in [0.5, 0.6) is 0 Å². The van der Waals surface area contributed by atoms with Gasteiger partial charge in [-0.25, -0.2) is 9.59 Å². The van der Waals surface area contributed by atoms with Crippen molar-refractivity contribution >= 4 is 56.2 Å². The Hall–Kier alpha value is -2.39. The number of furan rings is 1. The molecule has 9 heteroatoms. The van der Waals surface area contributed by atoms with Crippen molar-refractivity contribution < 1.29 is 28.3 Å². The molecule has 0 aliphatic heterocycles. The lowest BCUT2D eigenvalue weighted by atomic mass is 10.1. The van der Waals surface area contributed by atoms with E-state index in [0.29, 0.717) is 21.0 Å². The van der Waals surface area contributed by atoms with Crippen LogP contribution in [0.4, 0.5) is 5.00 Å². The summed E-state index contributed by atoms with van der Waals surface area (Å²) in [5.41, 5.74) is 1.37. The molecular weight excluding hydrogens is 450 g/mol. The van der Waals surface area contributed by atoms with E-state index >= 15 is 0 Å². The summed E-state index contributed by atoms with van der Waals surface area (Å²) in [6.07, 6.45) is 5.26. The first-order valence-electron chi connectivity index (χ1n) is 8.69. The van der Waals surface area contributed by atoms with Crippen molar-refractivity contribution in [3.8, 4) is 0 Å². The highest BCUT2D eigenvalue weighted by molar-refractivity contribution is 9.10. The number of amides is 1. The molecule has 148 valence electrons. The van der Waals surface area contributed by atoms with Crippen LogP contribution >= 0.6 is 27.3 Å². The Kier molecular flexibility index (Phi) is 6.69. The summed E-state index contributed by atoms with van der Waals surface area (Å²) >= 11 is 4.53. The predicted octanol–water partition coefficient (Wildman–Crippen LogP) is 3.96. The van der Waals surface area contributed by atoms with Gasteiger partial charge in [0.15, 0.2) is 11.3 Å². The number of rotatable bonds is 7. The summed E-state index contributed by atoms with van der Waals surface area (Å²) < 4.78 is 15.8. The molecule has 0 bridgehead atoms. The van der Waals surface area contributed by atoms with Crippen molar-refractivity contribution in [2.75, 3.05) is 18.5 Å². The van der Waals surface area contributed by atoms with Gasteiger partial charge in [0.1, 0.15) is 10.8 Å². The molecule has 1 aliphatic rings. The van der Waals surface area contributed by atoms with Crippen LogP contribution in [0.2, 0.25) is 0 Å². The first kappa shape index (κ1) is 20.3. The number of fused-ring (bicyclic) bond motifs is 1. The molecule has 2 aromatic rings. The second-order valence-corrected chi connectivity index (χ2v) is 7.80. The summed E-state index contributed by atoms with van der Waals surface area (Å²) in [7, 11) is 0. The predicted molar refractivity (Wildman–Crippen MR) is 107 cm³/mol. The monoisotopic (exact) mass is 467 g/mol.